The number of benzene rings is 3. The Balaban J connectivity index is 0.00000256. The number of phenols is 1. The van der Waals surface area contributed by atoms with Gasteiger partial charge in [0.15, 0.2) is 0 Å². The molecule has 0 saturated carbocycles. The predicted molar refractivity (Wildman–Crippen MR) is 113 cm³/mol. The number of para-hydroxylation sites is 1. The number of likely N-dealkylation sites (N-methyl/N-ethyl adjacent to an activating group) is 1. The molecule has 4 rings (SSSR count). The van der Waals surface area contributed by atoms with E-state index in [0.717, 1.165) is 36.9 Å². The van der Waals surface area contributed by atoms with Crippen molar-refractivity contribution in [3.05, 3.63) is 60.7 Å². The number of ether oxygens (including phenoxy) is 2. The molecule has 2 N–H and O–H groups in total. The first kappa shape index (κ1) is 22.0. The van der Waals surface area contributed by atoms with Gasteiger partial charge in [-0.1, -0.05) is 42.5 Å². The van der Waals surface area contributed by atoms with E-state index >= 15 is 0 Å². The van der Waals surface area contributed by atoms with E-state index in [1.165, 1.54) is 4.90 Å². The molecule has 1 aliphatic heterocycles. The van der Waals surface area contributed by atoms with Crippen molar-refractivity contribution in [2.45, 2.75) is 12.5 Å². The molecule has 1 fully saturated rings. The number of halogens is 1. The van der Waals surface area contributed by atoms with Crippen molar-refractivity contribution >= 4 is 22.1 Å². The van der Waals surface area contributed by atoms with Gasteiger partial charge >= 0.3 is 0 Å². The lowest BCUT2D eigenvalue weighted by atomic mass is 10.1. The number of azo groups is 1. The average Bonchev–Trinajstić information content (AvgIpc) is 2.74. The van der Waals surface area contributed by atoms with E-state index in [9.17, 15) is 5.11 Å². The van der Waals surface area contributed by atoms with E-state index in [2.05, 4.69) is 17.3 Å². The Labute approximate surface area is 182 Å². The predicted octanol–water partition coefficient (Wildman–Crippen LogP) is 0.647. The Morgan fingerprint density at radius 3 is 2.73 bits per heavy atom. The smallest absolute Gasteiger partial charge is 0.146 e. The third kappa shape index (κ3) is 5.27. The van der Waals surface area contributed by atoms with Crippen LogP contribution in [0.25, 0.3) is 10.8 Å². The normalized spacial score (nSPS) is 19.0. The highest BCUT2D eigenvalue weighted by atomic mass is 35.5. The summed E-state index contributed by atoms with van der Waals surface area (Å²) >= 11 is 0. The molecule has 0 aliphatic carbocycles. The molecule has 0 spiro atoms. The third-order valence-electron chi connectivity index (χ3n) is 5.16. The van der Waals surface area contributed by atoms with Crippen LogP contribution in [-0.4, -0.2) is 44.6 Å². The molecule has 1 aliphatic rings. The minimum Gasteiger partial charge on any atom is -1.00 e. The highest BCUT2D eigenvalue weighted by molar-refractivity contribution is 5.95. The van der Waals surface area contributed by atoms with Crippen LogP contribution >= 0.6 is 0 Å². The zero-order valence-electron chi connectivity index (χ0n) is 16.9. The van der Waals surface area contributed by atoms with Crippen molar-refractivity contribution in [1.82, 2.24) is 0 Å². The minimum absolute atomic E-state index is 0. The molecule has 3 aromatic carbocycles. The zero-order chi connectivity index (χ0) is 20.1. The molecule has 0 bridgehead atoms. The summed E-state index contributed by atoms with van der Waals surface area (Å²) < 4.78 is 11.8. The van der Waals surface area contributed by atoms with Crippen LogP contribution in [0.2, 0.25) is 0 Å². The maximum absolute atomic E-state index is 10.3. The zero-order valence-corrected chi connectivity index (χ0v) is 17.7. The second-order valence-corrected chi connectivity index (χ2v) is 7.36. The van der Waals surface area contributed by atoms with Crippen molar-refractivity contribution in [2.24, 2.45) is 10.2 Å². The molecule has 2 unspecified atom stereocenters. The molecule has 1 heterocycles. The standard InChI is InChI=1S/C23H25N3O3.ClH/c1-26-13-15-28-18(16-26)12-14-29-22-9-5-4-8-20(22)24-25-23-19-7-3-2-6-17(19)10-11-21(23)27;/h2-11,18,27H,12-16H2,1H3;1H. The number of fused-ring (bicyclic) bond motifs is 1. The van der Waals surface area contributed by atoms with Crippen molar-refractivity contribution in [2.75, 3.05) is 33.4 Å². The van der Waals surface area contributed by atoms with Crippen LogP contribution in [0.5, 0.6) is 11.5 Å². The quantitative estimate of drug-likeness (QED) is 0.567. The number of phenolic OH excluding ortho intramolecular Hbond substituents is 1. The summed E-state index contributed by atoms with van der Waals surface area (Å²) in [7, 11) is 2.19. The van der Waals surface area contributed by atoms with E-state index in [1.807, 2.05) is 54.6 Å². The fraction of sp³-hybridized carbons (Fsp3) is 0.304. The first-order valence-corrected chi connectivity index (χ1v) is 9.98. The van der Waals surface area contributed by atoms with E-state index < -0.39 is 0 Å². The lowest BCUT2D eigenvalue weighted by molar-refractivity contribution is -0.892. The minimum atomic E-state index is 0. The summed E-state index contributed by atoms with van der Waals surface area (Å²) in [6.45, 7) is 3.42. The maximum atomic E-state index is 10.3. The number of hydrogen-bond donors (Lipinski definition) is 2. The molecular weight excluding hydrogens is 402 g/mol. The second-order valence-electron chi connectivity index (χ2n) is 7.36. The Kier molecular flexibility index (Phi) is 7.63. The largest absolute Gasteiger partial charge is 1.00 e. The third-order valence-corrected chi connectivity index (χ3v) is 5.16. The van der Waals surface area contributed by atoms with E-state index in [0.29, 0.717) is 23.7 Å². The van der Waals surface area contributed by atoms with Gasteiger partial charge in [-0.25, -0.2) is 0 Å². The Bertz CT molecular complexity index is 1010. The van der Waals surface area contributed by atoms with Gasteiger partial charge in [0.2, 0.25) is 0 Å². The lowest BCUT2D eigenvalue weighted by Gasteiger charge is -2.27. The van der Waals surface area contributed by atoms with Crippen LogP contribution in [0.3, 0.4) is 0 Å². The highest BCUT2D eigenvalue weighted by Crippen LogP contribution is 2.37. The second kappa shape index (κ2) is 10.4. The van der Waals surface area contributed by atoms with Crippen molar-refractivity contribution in [3.63, 3.8) is 0 Å². The number of quaternary nitrogens is 1. The number of morpholine rings is 1. The molecule has 0 aromatic heterocycles. The number of rotatable bonds is 6. The van der Waals surface area contributed by atoms with E-state index in [-0.39, 0.29) is 24.3 Å². The van der Waals surface area contributed by atoms with Gasteiger partial charge in [-0.2, -0.15) is 0 Å². The van der Waals surface area contributed by atoms with Crippen LogP contribution in [0, 0.1) is 0 Å². The van der Waals surface area contributed by atoms with Crippen molar-refractivity contribution in [3.8, 4) is 11.5 Å². The van der Waals surface area contributed by atoms with Crippen LogP contribution in [-0.2, 0) is 4.74 Å². The first-order chi connectivity index (χ1) is 14.2. The molecule has 1 saturated heterocycles. The fourth-order valence-electron chi connectivity index (χ4n) is 3.55. The molecule has 7 heteroatoms. The van der Waals surface area contributed by atoms with Gasteiger partial charge in [0, 0.05) is 11.8 Å². The molecule has 0 amide bonds. The van der Waals surface area contributed by atoms with Gasteiger partial charge < -0.3 is 31.9 Å². The molecule has 6 nitrogen and oxygen atoms in total. The molecule has 3 aromatic rings. The van der Waals surface area contributed by atoms with Crippen LogP contribution in [0.1, 0.15) is 6.42 Å². The number of aromatic hydroxyl groups is 1. The monoisotopic (exact) mass is 427 g/mol. The first-order valence-electron chi connectivity index (χ1n) is 9.98. The lowest BCUT2D eigenvalue weighted by Crippen LogP contribution is -3.12. The molecule has 0 radical (unpaired) electrons. The van der Waals surface area contributed by atoms with Crippen LogP contribution < -0.4 is 22.0 Å². The van der Waals surface area contributed by atoms with Gasteiger partial charge in [0.05, 0.1) is 20.3 Å². The molecular formula is C23H26ClN3O3. The van der Waals surface area contributed by atoms with Crippen molar-refractivity contribution in [1.29, 1.82) is 0 Å². The van der Waals surface area contributed by atoms with E-state index in [4.69, 9.17) is 9.47 Å². The van der Waals surface area contributed by atoms with Gasteiger partial charge in [-0.15, -0.1) is 10.2 Å². The summed E-state index contributed by atoms with van der Waals surface area (Å²) in [5.74, 6) is 0.777. The molecule has 2 atom stereocenters. The Morgan fingerprint density at radius 1 is 1.07 bits per heavy atom. The van der Waals surface area contributed by atoms with Gasteiger partial charge in [-0.05, 0) is 23.6 Å². The number of nitrogens with one attached hydrogen (secondary N) is 1. The van der Waals surface area contributed by atoms with Crippen LogP contribution in [0.4, 0.5) is 11.4 Å². The summed E-state index contributed by atoms with van der Waals surface area (Å²) in [6, 6.07) is 18.9. The summed E-state index contributed by atoms with van der Waals surface area (Å²) in [5.41, 5.74) is 1.09. The average molecular weight is 428 g/mol. The van der Waals surface area contributed by atoms with Crippen LogP contribution in [0.15, 0.2) is 70.9 Å². The van der Waals surface area contributed by atoms with Gasteiger partial charge in [0.25, 0.3) is 0 Å². The summed E-state index contributed by atoms with van der Waals surface area (Å²) in [4.78, 5) is 1.49. The fourth-order valence-corrected chi connectivity index (χ4v) is 3.55. The summed E-state index contributed by atoms with van der Waals surface area (Å²) in [6.07, 6.45) is 1.07. The maximum Gasteiger partial charge on any atom is 0.146 e. The summed E-state index contributed by atoms with van der Waals surface area (Å²) in [5, 5.41) is 20.8. The number of hydrogen-bond acceptors (Lipinski definition) is 5. The van der Waals surface area contributed by atoms with Gasteiger partial charge in [0.1, 0.15) is 42.1 Å². The Hall–Kier alpha value is -2.67. The van der Waals surface area contributed by atoms with E-state index in [1.54, 1.807) is 6.07 Å². The Morgan fingerprint density at radius 2 is 1.87 bits per heavy atom. The topological polar surface area (TPSA) is 67.9 Å². The molecule has 158 valence electrons. The number of nitrogens with zero attached hydrogens (tertiary/aromatic N) is 2. The highest BCUT2D eigenvalue weighted by Gasteiger charge is 2.20. The van der Waals surface area contributed by atoms with Crippen molar-refractivity contribution < 1.29 is 31.9 Å². The van der Waals surface area contributed by atoms with Gasteiger partial charge in [-0.3, -0.25) is 0 Å². The SMILES string of the molecule is C[NH+]1CCOC(CCOc2ccccc2N=Nc2c(O)ccc3ccccc23)C1.[Cl-]. The molecule has 30 heavy (non-hydrogen) atoms.